The molecular formula is C14H21ClN4O3S. The summed E-state index contributed by atoms with van der Waals surface area (Å²) < 4.78 is 27.1. The number of nitrogens with zero attached hydrogens (tertiary/aromatic N) is 2. The predicted octanol–water partition coefficient (Wildman–Crippen LogP) is 0.0216. The van der Waals surface area contributed by atoms with Crippen LogP contribution in [0.5, 0.6) is 0 Å². The van der Waals surface area contributed by atoms with Crippen molar-refractivity contribution in [1.82, 2.24) is 15.5 Å². The van der Waals surface area contributed by atoms with Crippen LogP contribution in [0.1, 0.15) is 12.8 Å². The van der Waals surface area contributed by atoms with Gasteiger partial charge in [-0.05, 0) is 44.0 Å². The molecule has 1 fully saturated rings. The summed E-state index contributed by atoms with van der Waals surface area (Å²) in [5.74, 6) is 0.359. The number of amidine groups is 1. The Hall–Kier alpha value is -1.38. The first-order chi connectivity index (χ1) is 10.6. The summed E-state index contributed by atoms with van der Waals surface area (Å²) in [5, 5.41) is 6.20. The zero-order valence-corrected chi connectivity index (χ0v) is 14.3. The van der Waals surface area contributed by atoms with Gasteiger partial charge >= 0.3 is 0 Å². The van der Waals surface area contributed by atoms with E-state index in [1.165, 1.54) is 0 Å². The number of carbonyl (C=O) groups excluding carboxylic acids is 1. The number of carbonyl (C=O) groups is 1. The minimum Gasteiger partial charge on any atom is -0.352 e. The lowest BCUT2D eigenvalue weighted by Gasteiger charge is -2.29. The molecule has 0 radical (unpaired) electrons. The topological polar surface area (TPSA) is 90.9 Å². The van der Waals surface area contributed by atoms with Gasteiger partial charge < -0.3 is 15.5 Å². The number of rotatable bonds is 3. The molecular weight excluding hydrogens is 340 g/mol. The molecule has 1 amide bonds. The predicted molar refractivity (Wildman–Crippen MR) is 91.0 cm³/mol. The van der Waals surface area contributed by atoms with Crippen molar-refractivity contribution in [3.8, 4) is 0 Å². The van der Waals surface area contributed by atoms with E-state index in [0.717, 1.165) is 25.9 Å². The first kappa shape index (κ1) is 18.0. The van der Waals surface area contributed by atoms with E-state index in [4.69, 9.17) is 0 Å². The molecule has 3 aliphatic heterocycles. The molecule has 3 aliphatic rings. The molecule has 0 aromatic rings. The largest absolute Gasteiger partial charge is 0.352 e. The molecule has 9 heteroatoms. The summed E-state index contributed by atoms with van der Waals surface area (Å²) >= 11 is 0. The molecule has 0 spiro atoms. The quantitative estimate of drug-likeness (QED) is 0.740. The number of halogens is 1. The summed E-state index contributed by atoms with van der Waals surface area (Å²) in [6, 6.07) is 0. The fourth-order valence-electron chi connectivity index (χ4n) is 2.82. The maximum atomic E-state index is 12.4. The maximum Gasteiger partial charge on any atom is 0.256 e. The number of allylic oxidation sites excluding steroid dienone is 2. The van der Waals surface area contributed by atoms with Crippen molar-refractivity contribution in [3.63, 3.8) is 0 Å². The highest BCUT2D eigenvalue weighted by atomic mass is 35.5. The van der Waals surface area contributed by atoms with Crippen LogP contribution in [0, 0.1) is 5.92 Å². The molecule has 3 rings (SSSR count). The maximum absolute atomic E-state index is 12.4. The van der Waals surface area contributed by atoms with E-state index in [0.29, 0.717) is 24.6 Å². The Labute approximate surface area is 142 Å². The van der Waals surface area contributed by atoms with Gasteiger partial charge in [-0.15, -0.1) is 16.8 Å². The molecule has 0 saturated carbocycles. The van der Waals surface area contributed by atoms with Crippen LogP contribution in [0.3, 0.4) is 0 Å². The molecule has 2 N–H and O–H groups in total. The summed E-state index contributed by atoms with van der Waals surface area (Å²) in [6.07, 6.45) is 7.31. The van der Waals surface area contributed by atoms with Gasteiger partial charge in [0.05, 0.1) is 11.3 Å². The van der Waals surface area contributed by atoms with E-state index in [1.54, 1.807) is 23.3 Å². The van der Waals surface area contributed by atoms with E-state index >= 15 is 0 Å². The van der Waals surface area contributed by atoms with Crippen LogP contribution >= 0.6 is 12.4 Å². The molecule has 0 bridgehead atoms. The molecule has 3 heterocycles. The minimum absolute atomic E-state index is 0. The Kier molecular flexibility index (Phi) is 5.83. The van der Waals surface area contributed by atoms with Crippen molar-refractivity contribution in [2.24, 2.45) is 10.3 Å². The Morgan fingerprint density at radius 1 is 1.48 bits per heavy atom. The fourth-order valence-corrected chi connectivity index (χ4v) is 3.81. The van der Waals surface area contributed by atoms with Crippen LogP contribution < -0.4 is 10.6 Å². The van der Waals surface area contributed by atoms with Gasteiger partial charge in [0.2, 0.25) is 0 Å². The molecule has 1 atom stereocenters. The van der Waals surface area contributed by atoms with Crippen molar-refractivity contribution in [2.75, 3.05) is 31.9 Å². The molecule has 0 aliphatic carbocycles. The van der Waals surface area contributed by atoms with Crippen LogP contribution in [0.15, 0.2) is 28.3 Å². The van der Waals surface area contributed by atoms with Crippen molar-refractivity contribution < 1.29 is 13.2 Å². The Morgan fingerprint density at radius 3 is 3.04 bits per heavy atom. The smallest absolute Gasteiger partial charge is 0.256 e. The highest BCUT2D eigenvalue weighted by molar-refractivity contribution is 7.90. The number of hydrogen-bond donors (Lipinski definition) is 2. The normalized spacial score (nSPS) is 25.6. The first-order valence-electron chi connectivity index (χ1n) is 7.52. The SMILES string of the molecule is Cl.O=C(NCC1CCCNC1)C1=CC=CN2CCS(=O)(=O)N=C12. The van der Waals surface area contributed by atoms with Crippen LogP contribution in [-0.2, 0) is 14.8 Å². The van der Waals surface area contributed by atoms with E-state index in [2.05, 4.69) is 15.0 Å². The van der Waals surface area contributed by atoms with Crippen molar-refractivity contribution in [1.29, 1.82) is 0 Å². The van der Waals surface area contributed by atoms with Gasteiger partial charge in [-0.1, -0.05) is 0 Å². The second-order valence-electron chi connectivity index (χ2n) is 5.74. The van der Waals surface area contributed by atoms with E-state index in [9.17, 15) is 13.2 Å². The summed E-state index contributed by atoms with van der Waals surface area (Å²) in [6.45, 7) is 2.85. The standard InChI is InChI=1S/C14H20N4O3S.ClH/c19-14(16-10-11-3-1-5-15-9-11)12-4-2-6-18-7-8-22(20,21)17-13(12)18;/h2,4,6,11,15H,1,3,5,7-10H2,(H,16,19);1H. The monoisotopic (exact) mass is 360 g/mol. The Balaban J connectivity index is 0.00000192. The molecule has 128 valence electrons. The van der Waals surface area contributed by atoms with Crippen molar-refractivity contribution >= 4 is 34.2 Å². The summed E-state index contributed by atoms with van der Waals surface area (Å²) in [5.41, 5.74) is 0.314. The van der Waals surface area contributed by atoms with Crippen LogP contribution in [-0.4, -0.2) is 57.0 Å². The highest BCUT2D eigenvalue weighted by Gasteiger charge is 2.30. The zero-order valence-electron chi connectivity index (χ0n) is 12.7. The number of nitrogens with one attached hydrogen (secondary N) is 2. The van der Waals surface area contributed by atoms with Crippen LogP contribution in [0.25, 0.3) is 0 Å². The molecule has 0 aromatic heterocycles. The summed E-state index contributed by atoms with van der Waals surface area (Å²) in [4.78, 5) is 14.1. The van der Waals surface area contributed by atoms with E-state index in [1.807, 2.05) is 0 Å². The van der Waals surface area contributed by atoms with Crippen molar-refractivity contribution in [2.45, 2.75) is 12.8 Å². The van der Waals surface area contributed by atoms with Gasteiger partial charge in [0.15, 0.2) is 5.84 Å². The Morgan fingerprint density at radius 2 is 2.30 bits per heavy atom. The number of hydrogen-bond acceptors (Lipinski definition) is 5. The lowest BCUT2D eigenvalue weighted by Crippen LogP contribution is -2.44. The third-order valence-corrected chi connectivity index (χ3v) is 5.20. The third kappa shape index (κ3) is 4.33. The van der Waals surface area contributed by atoms with Gasteiger partial charge in [-0.3, -0.25) is 4.79 Å². The minimum atomic E-state index is -3.47. The van der Waals surface area contributed by atoms with Gasteiger partial charge in [0, 0.05) is 19.3 Å². The second-order valence-corrected chi connectivity index (χ2v) is 7.49. The number of piperidine rings is 1. The number of fused-ring (bicyclic) bond motifs is 1. The molecule has 7 nitrogen and oxygen atoms in total. The number of amides is 1. The lowest BCUT2D eigenvalue weighted by molar-refractivity contribution is -0.117. The average molecular weight is 361 g/mol. The average Bonchev–Trinajstić information content (AvgIpc) is 2.52. The molecule has 1 unspecified atom stereocenters. The van der Waals surface area contributed by atoms with Crippen LogP contribution in [0.4, 0.5) is 0 Å². The highest BCUT2D eigenvalue weighted by Crippen LogP contribution is 2.18. The zero-order chi connectivity index (χ0) is 15.6. The van der Waals surface area contributed by atoms with Crippen LogP contribution in [0.2, 0.25) is 0 Å². The Bertz CT molecular complexity index is 651. The molecule has 23 heavy (non-hydrogen) atoms. The molecule has 1 saturated heterocycles. The number of sulfonamides is 1. The lowest BCUT2D eigenvalue weighted by atomic mass is 9.99. The first-order valence-corrected chi connectivity index (χ1v) is 9.13. The summed E-state index contributed by atoms with van der Waals surface area (Å²) in [7, 11) is -3.47. The fraction of sp³-hybridized carbons (Fsp3) is 0.571. The van der Waals surface area contributed by atoms with Gasteiger partial charge in [-0.2, -0.15) is 0 Å². The van der Waals surface area contributed by atoms with Gasteiger partial charge in [0.1, 0.15) is 0 Å². The van der Waals surface area contributed by atoms with Gasteiger partial charge in [-0.25, -0.2) is 8.42 Å². The molecule has 0 aromatic carbocycles. The second kappa shape index (κ2) is 7.46. The van der Waals surface area contributed by atoms with E-state index in [-0.39, 0.29) is 29.9 Å². The van der Waals surface area contributed by atoms with Gasteiger partial charge in [0.25, 0.3) is 15.9 Å². The van der Waals surface area contributed by atoms with E-state index < -0.39 is 10.0 Å². The third-order valence-electron chi connectivity index (χ3n) is 4.05. The van der Waals surface area contributed by atoms with Crippen molar-refractivity contribution in [3.05, 3.63) is 23.9 Å².